The van der Waals surface area contributed by atoms with E-state index in [2.05, 4.69) is 75.3 Å². The van der Waals surface area contributed by atoms with Gasteiger partial charge in [0, 0.05) is 0 Å². The Bertz CT molecular complexity index is 364. The van der Waals surface area contributed by atoms with Gasteiger partial charge in [-0.1, -0.05) is 107 Å². The Kier molecular flexibility index (Phi) is 51.3. The summed E-state index contributed by atoms with van der Waals surface area (Å²) in [7, 11) is 8.72. The first-order chi connectivity index (χ1) is 17.9. The van der Waals surface area contributed by atoms with Gasteiger partial charge in [-0.25, -0.2) is 0 Å². The SMILES string of the molecule is CCCC[N+](CCCC)(CCCC)CCCC.CCCC[N+](CCCC)(CCCC)CCCC.[SH-].[SH-].[S]=[Re]=[S]. The molecule has 0 N–H and O–H groups in total. The number of thiol groups is 2. The van der Waals surface area contributed by atoms with Crippen LogP contribution >= 0.6 is 19.9 Å². The van der Waals surface area contributed by atoms with Gasteiger partial charge in [0.05, 0.1) is 52.4 Å². The van der Waals surface area contributed by atoms with Crippen LogP contribution in [0.15, 0.2) is 0 Å². The van der Waals surface area contributed by atoms with E-state index in [1.807, 2.05) is 0 Å². The van der Waals surface area contributed by atoms with E-state index in [1.54, 1.807) is 0 Å². The van der Waals surface area contributed by atoms with Crippen LogP contribution in [-0.2, 0) is 41.4 Å². The fourth-order valence-electron chi connectivity index (χ4n) is 5.29. The van der Waals surface area contributed by atoms with Gasteiger partial charge in [-0.05, 0) is 51.4 Å². The summed E-state index contributed by atoms with van der Waals surface area (Å²) in [5, 5.41) is 0. The summed E-state index contributed by atoms with van der Waals surface area (Å²) in [4.78, 5) is 0. The number of hydrogen-bond donors (Lipinski definition) is 0. The van der Waals surface area contributed by atoms with Crippen LogP contribution in [-0.4, -0.2) is 61.3 Å². The minimum atomic E-state index is -0.500. The van der Waals surface area contributed by atoms with Crippen molar-refractivity contribution in [3.63, 3.8) is 0 Å². The maximum absolute atomic E-state index is 4.36. The zero-order valence-corrected chi connectivity index (χ0v) is 34.1. The number of unbranched alkanes of at least 4 members (excludes halogenated alkanes) is 8. The predicted molar refractivity (Wildman–Crippen MR) is 191 cm³/mol. The summed E-state index contributed by atoms with van der Waals surface area (Å²) >= 11 is -0.500. The van der Waals surface area contributed by atoms with Gasteiger partial charge in [-0.15, -0.1) is 0 Å². The molecule has 0 unspecified atom stereocenters. The van der Waals surface area contributed by atoms with E-state index in [9.17, 15) is 0 Å². The molecule has 0 saturated carbocycles. The van der Waals surface area contributed by atoms with Crippen LogP contribution in [0.4, 0.5) is 0 Å². The van der Waals surface area contributed by atoms with Crippen molar-refractivity contribution in [3.05, 3.63) is 0 Å². The first-order valence-corrected chi connectivity index (χ1v) is 23.8. The molecular weight excluding hydrogens is 727 g/mol. The van der Waals surface area contributed by atoms with Crippen molar-refractivity contribution in [2.75, 3.05) is 52.4 Å². The third-order valence-electron chi connectivity index (χ3n) is 7.89. The first-order valence-electron chi connectivity index (χ1n) is 16.5. The average molecular weight is 801 g/mol. The van der Waals surface area contributed by atoms with Gasteiger partial charge >= 0.3 is 34.3 Å². The molecule has 0 rings (SSSR count). The molecule has 0 saturated heterocycles. The second kappa shape index (κ2) is 39.7. The van der Waals surface area contributed by atoms with E-state index in [1.165, 1.54) is 164 Å². The van der Waals surface area contributed by atoms with Gasteiger partial charge in [0.15, 0.2) is 0 Å². The molecule has 0 aromatic heterocycles. The molecule has 0 heterocycles. The molecule has 0 aliphatic heterocycles. The van der Waals surface area contributed by atoms with Crippen LogP contribution in [0.1, 0.15) is 158 Å². The molecule has 0 amide bonds. The van der Waals surface area contributed by atoms with E-state index in [4.69, 9.17) is 0 Å². The van der Waals surface area contributed by atoms with Crippen molar-refractivity contribution >= 4 is 46.9 Å². The van der Waals surface area contributed by atoms with Crippen molar-refractivity contribution in [3.8, 4) is 0 Å². The quantitative estimate of drug-likeness (QED) is 0.0542. The molecule has 0 aliphatic carbocycles. The van der Waals surface area contributed by atoms with Crippen molar-refractivity contribution in [2.45, 2.75) is 158 Å². The van der Waals surface area contributed by atoms with E-state index >= 15 is 0 Å². The first kappa shape index (κ1) is 50.4. The molecule has 0 aromatic carbocycles. The molecule has 0 aliphatic rings. The fourth-order valence-corrected chi connectivity index (χ4v) is 5.29. The Balaban J connectivity index is -0.000000171. The molecule has 39 heavy (non-hydrogen) atoms. The Morgan fingerprint density at radius 2 is 0.436 bits per heavy atom. The minimum absolute atomic E-state index is 0. The molecule has 243 valence electrons. The Labute approximate surface area is 278 Å². The Hall–Kier alpha value is 1.72. The van der Waals surface area contributed by atoms with E-state index in [0.717, 1.165) is 0 Å². The third-order valence-corrected chi connectivity index (χ3v) is 7.89. The van der Waals surface area contributed by atoms with Crippen LogP contribution < -0.4 is 0 Å². The molecule has 2 nitrogen and oxygen atoms in total. The number of rotatable bonds is 24. The monoisotopic (exact) mass is 801 g/mol. The van der Waals surface area contributed by atoms with E-state index in [-0.39, 0.29) is 27.0 Å². The van der Waals surface area contributed by atoms with Crippen LogP contribution in [0.3, 0.4) is 0 Å². The summed E-state index contributed by atoms with van der Waals surface area (Å²) in [6.45, 7) is 30.0. The van der Waals surface area contributed by atoms with Gasteiger partial charge in [0.2, 0.25) is 0 Å². The van der Waals surface area contributed by atoms with Crippen LogP contribution in [0.2, 0.25) is 0 Å². The number of hydrogen-bond acceptors (Lipinski definition) is 4. The van der Waals surface area contributed by atoms with E-state index in [0.29, 0.717) is 0 Å². The van der Waals surface area contributed by atoms with Crippen LogP contribution in [0.25, 0.3) is 0 Å². The number of nitrogens with zero attached hydrogens (tertiary/aromatic N) is 2. The maximum atomic E-state index is 4.36. The van der Waals surface area contributed by atoms with Crippen molar-refractivity contribution in [1.82, 2.24) is 0 Å². The van der Waals surface area contributed by atoms with Gasteiger partial charge in [-0.2, -0.15) is 0 Å². The fraction of sp³-hybridized carbons (Fsp3) is 1.00. The normalized spacial score (nSPS) is 10.8. The molecule has 0 radical (unpaired) electrons. The summed E-state index contributed by atoms with van der Waals surface area (Å²) < 4.78 is 2.84. The van der Waals surface area contributed by atoms with Crippen molar-refractivity contribution < 1.29 is 23.4 Å². The molecule has 7 heteroatoms. The number of quaternary nitrogens is 2. The third kappa shape index (κ3) is 32.5. The molecule has 0 atom stereocenters. The summed E-state index contributed by atoms with van der Waals surface area (Å²) in [6.07, 6.45) is 22.1. The molecule has 0 fully saturated rings. The zero-order valence-electron chi connectivity index (χ0n) is 28.0. The summed E-state index contributed by atoms with van der Waals surface area (Å²) in [5.41, 5.74) is 0. The topological polar surface area (TPSA) is 0 Å². The molecule has 0 bridgehead atoms. The molecule has 0 aromatic rings. The van der Waals surface area contributed by atoms with E-state index < -0.39 is 14.4 Å². The predicted octanol–water partition coefficient (Wildman–Crippen LogP) is 10.8. The molecule has 0 spiro atoms. The van der Waals surface area contributed by atoms with Gasteiger partial charge < -0.3 is 36.0 Å². The zero-order chi connectivity index (χ0) is 28.7. The summed E-state index contributed by atoms with van der Waals surface area (Å²) in [5.74, 6) is 0. The summed E-state index contributed by atoms with van der Waals surface area (Å²) in [6, 6.07) is 0. The average Bonchev–Trinajstić information content (AvgIpc) is 2.92. The van der Waals surface area contributed by atoms with Gasteiger partial charge in [0.25, 0.3) is 0 Å². The molecular formula is C32H74N2ReS4. The Morgan fingerprint density at radius 1 is 0.333 bits per heavy atom. The van der Waals surface area contributed by atoms with Crippen LogP contribution in [0, 0.1) is 0 Å². The van der Waals surface area contributed by atoms with Gasteiger partial charge in [0.1, 0.15) is 0 Å². The second-order valence-electron chi connectivity index (χ2n) is 11.4. The van der Waals surface area contributed by atoms with Crippen molar-refractivity contribution in [2.24, 2.45) is 0 Å². The van der Waals surface area contributed by atoms with Gasteiger partial charge in [-0.3, -0.25) is 0 Å². The standard InChI is InChI=1S/2C16H36N.Re.2H2S.2S/c2*1-5-9-13-17(14-10-6-2,15-11-7-3)16-12-8-4;;;;;/h2*5-16H2,1-4H3;;2*1H2;;/q2*+1;;;;;/p-2. The van der Waals surface area contributed by atoms with Crippen molar-refractivity contribution in [1.29, 1.82) is 0 Å². The van der Waals surface area contributed by atoms with Crippen LogP contribution in [0.5, 0.6) is 0 Å². The Morgan fingerprint density at radius 3 is 0.513 bits per heavy atom. The second-order valence-corrected chi connectivity index (χ2v) is 15.9.